The number of rotatable bonds is 2. The van der Waals surface area contributed by atoms with Gasteiger partial charge in [0.1, 0.15) is 0 Å². The molecule has 0 aliphatic carbocycles. The van der Waals surface area contributed by atoms with E-state index in [9.17, 15) is 4.79 Å². The summed E-state index contributed by atoms with van der Waals surface area (Å²) in [6.07, 6.45) is 1.41. The van der Waals surface area contributed by atoms with Gasteiger partial charge in [0.2, 0.25) is 5.91 Å². The second kappa shape index (κ2) is 6.76. The molecule has 114 valence electrons. The highest BCUT2D eigenvalue weighted by atomic mass is 35.5. The number of thioether (sulfide) groups is 1. The van der Waals surface area contributed by atoms with Gasteiger partial charge in [0, 0.05) is 21.7 Å². The number of amides is 1. The Morgan fingerprint density at radius 1 is 1.23 bits per heavy atom. The molecular weight excluding hydrogens is 314 g/mol. The maximum absolute atomic E-state index is 12.8. The molecule has 0 saturated heterocycles. The molecule has 0 radical (unpaired) electrons. The summed E-state index contributed by atoms with van der Waals surface area (Å²) in [6.45, 7) is 2.99. The van der Waals surface area contributed by atoms with E-state index in [1.807, 2.05) is 59.1 Å². The number of carbonyl (C=O) groups is 1. The smallest absolute Gasteiger partial charge is 0.231 e. The summed E-state index contributed by atoms with van der Waals surface area (Å²) in [6, 6.07) is 15.7. The number of para-hydroxylation sites is 1. The van der Waals surface area contributed by atoms with Crippen molar-refractivity contribution < 1.29 is 4.79 Å². The van der Waals surface area contributed by atoms with E-state index in [0.717, 1.165) is 24.2 Å². The van der Waals surface area contributed by atoms with E-state index in [0.29, 0.717) is 16.7 Å². The molecule has 0 fully saturated rings. The molecule has 0 saturated carbocycles. The normalized spacial score (nSPS) is 17.7. The molecule has 1 atom stereocenters. The van der Waals surface area contributed by atoms with Crippen molar-refractivity contribution in [2.24, 2.45) is 0 Å². The van der Waals surface area contributed by atoms with Crippen molar-refractivity contribution in [3.05, 3.63) is 59.1 Å². The van der Waals surface area contributed by atoms with Gasteiger partial charge in [-0.15, -0.1) is 11.8 Å². The number of nitrogens with zero attached hydrogens (tertiary/aromatic N) is 1. The highest BCUT2D eigenvalue weighted by Crippen LogP contribution is 2.37. The minimum Gasteiger partial charge on any atom is -0.311 e. The lowest BCUT2D eigenvalue weighted by molar-refractivity contribution is -0.118. The molecule has 1 heterocycles. The fourth-order valence-electron chi connectivity index (χ4n) is 2.62. The molecule has 4 heteroatoms. The van der Waals surface area contributed by atoms with Crippen LogP contribution < -0.4 is 4.90 Å². The van der Waals surface area contributed by atoms with E-state index in [4.69, 9.17) is 11.6 Å². The van der Waals surface area contributed by atoms with Crippen LogP contribution in [0.4, 0.5) is 5.69 Å². The summed E-state index contributed by atoms with van der Waals surface area (Å²) < 4.78 is 0. The number of hydrogen-bond acceptors (Lipinski definition) is 2. The van der Waals surface area contributed by atoms with Crippen LogP contribution in [0.1, 0.15) is 18.9 Å². The van der Waals surface area contributed by atoms with Gasteiger partial charge in [0.25, 0.3) is 0 Å². The van der Waals surface area contributed by atoms with Crippen LogP contribution in [0.3, 0.4) is 0 Å². The van der Waals surface area contributed by atoms with E-state index in [1.54, 1.807) is 0 Å². The standard InChI is InChI=1S/C18H18ClNOS/c1-13-10-11-20(16-4-2-3-5-17(16)22-13)18(21)12-14-6-8-15(19)9-7-14/h2-9,13H,10-12H2,1H3. The maximum Gasteiger partial charge on any atom is 0.231 e. The summed E-state index contributed by atoms with van der Waals surface area (Å²) in [4.78, 5) is 15.9. The molecule has 0 bridgehead atoms. The number of benzene rings is 2. The Labute approximate surface area is 140 Å². The maximum atomic E-state index is 12.8. The van der Waals surface area contributed by atoms with Crippen molar-refractivity contribution >= 4 is 35.0 Å². The van der Waals surface area contributed by atoms with Crippen LogP contribution in [0.5, 0.6) is 0 Å². The average Bonchev–Trinajstić information content (AvgIpc) is 2.68. The Balaban J connectivity index is 1.84. The van der Waals surface area contributed by atoms with Gasteiger partial charge in [-0.1, -0.05) is 42.8 Å². The largest absolute Gasteiger partial charge is 0.311 e. The van der Waals surface area contributed by atoms with E-state index in [-0.39, 0.29) is 5.91 Å². The van der Waals surface area contributed by atoms with Crippen molar-refractivity contribution in [3.8, 4) is 0 Å². The molecule has 1 aliphatic heterocycles. The van der Waals surface area contributed by atoms with Gasteiger partial charge in [-0.25, -0.2) is 0 Å². The quantitative estimate of drug-likeness (QED) is 0.787. The number of carbonyl (C=O) groups excluding carboxylic acids is 1. The molecule has 3 rings (SSSR count). The molecule has 0 aromatic heterocycles. The molecule has 1 unspecified atom stereocenters. The van der Waals surface area contributed by atoms with Crippen molar-refractivity contribution in [1.82, 2.24) is 0 Å². The monoisotopic (exact) mass is 331 g/mol. The van der Waals surface area contributed by atoms with Crippen LogP contribution in [0.2, 0.25) is 5.02 Å². The summed E-state index contributed by atoms with van der Waals surface area (Å²) >= 11 is 7.75. The van der Waals surface area contributed by atoms with Gasteiger partial charge >= 0.3 is 0 Å². The zero-order valence-corrected chi connectivity index (χ0v) is 14.0. The third-order valence-electron chi connectivity index (χ3n) is 3.81. The van der Waals surface area contributed by atoms with E-state index < -0.39 is 0 Å². The molecule has 2 nitrogen and oxygen atoms in total. The molecular formula is C18H18ClNOS. The number of fused-ring (bicyclic) bond motifs is 1. The summed E-state index contributed by atoms with van der Waals surface area (Å²) in [5.41, 5.74) is 2.03. The van der Waals surface area contributed by atoms with Crippen LogP contribution >= 0.6 is 23.4 Å². The predicted molar refractivity (Wildman–Crippen MR) is 93.9 cm³/mol. The molecule has 2 aromatic rings. The topological polar surface area (TPSA) is 20.3 Å². The first kappa shape index (κ1) is 15.4. The van der Waals surface area contributed by atoms with Crippen molar-refractivity contribution in [3.63, 3.8) is 0 Å². The highest BCUT2D eigenvalue weighted by Gasteiger charge is 2.23. The third kappa shape index (κ3) is 3.47. The highest BCUT2D eigenvalue weighted by molar-refractivity contribution is 8.00. The van der Waals surface area contributed by atoms with Crippen LogP contribution in [-0.2, 0) is 11.2 Å². The van der Waals surface area contributed by atoms with Gasteiger partial charge in [0.05, 0.1) is 12.1 Å². The number of halogens is 1. The van der Waals surface area contributed by atoms with Crippen molar-refractivity contribution in [2.75, 3.05) is 11.4 Å². The van der Waals surface area contributed by atoms with Gasteiger partial charge < -0.3 is 4.90 Å². The lowest BCUT2D eigenvalue weighted by Gasteiger charge is -2.22. The minimum absolute atomic E-state index is 0.143. The Hall–Kier alpha value is -1.45. The Bertz CT molecular complexity index is 671. The Morgan fingerprint density at radius 3 is 2.73 bits per heavy atom. The summed E-state index contributed by atoms with van der Waals surface area (Å²) in [7, 11) is 0. The van der Waals surface area contributed by atoms with Crippen LogP contribution in [0.25, 0.3) is 0 Å². The first-order chi connectivity index (χ1) is 10.6. The first-order valence-electron chi connectivity index (χ1n) is 7.44. The first-order valence-corrected chi connectivity index (χ1v) is 8.70. The minimum atomic E-state index is 0.143. The number of hydrogen-bond donors (Lipinski definition) is 0. The van der Waals surface area contributed by atoms with Gasteiger partial charge in [0.15, 0.2) is 0 Å². The fourth-order valence-corrected chi connectivity index (χ4v) is 3.86. The van der Waals surface area contributed by atoms with Gasteiger partial charge in [-0.3, -0.25) is 4.79 Å². The molecule has 1 amide bonds. The lowest BCUT2D eigenvalue weighted by Crippen LogP contribution is -2.33. The van der Waals surface area contributed by atoms with Gasteiger partial charge in [-0.2, -0.15) is 0 Å². The van der Waals surface area contributed by atoms with Gasteiger partial charge in [-0.05, 0) is 36.2 Å². The molecule has 0 N–H and O–H groups in total. The number of anilines is 1. The van der Waals surface area contributed by atoms with Crippen LogP contribution in [-0.4, -0.2) is 17.7 Å². The van der Waals surface area contributed by atoms with Crippen LogP contribution in [0, 0.1) is 0 Å². The zero-order chi connectivity index (χ0) is 15.5. The average molecular weight is 332 g/mol. The van der Waals surface area contributed by atoms with E-state index >= 15 is 0 Å². The predicted octanol–water partition coefficient (Wildman–Crippen LogP) is 4.80. The molecule has 22 heavy (non-hydrogen) atoms. The Kier molecular flexibility index (Phi) is 4.74. The summed E-state index contributed by atoms with van der Waals surface area (Å²) in [5, 5.41) is 1.22. The SMILES string of the molecule is CC1CCN(C(=O)Cc2ccc(Cl)cc2)c2ccccc2S1. The van der Waals surface area contributed by atoms with Crippen molar-refractivity contribution in [2.45, 2.75) is 29.9 Å². The second-order valence-electron chi connectivity index (χ2n) is 5.53. The van der Waals surface area contributed by atoms with E-state index in [1.165, 1.54) is 4.90 Å². The Morgan fingerprint density at radius 2 is 1.95 bits per heavy atom. The second-order valence-corrected chi connectivity index (χ2v) is 7.45. The summed E-state index contributed by atoms with van der Waals surface area (Å²) in [5.74, 6) is 0.143. The van der Waals surface area contributed by atoms with E-state index in [2.05, 4.69) is 13.0 Å². The fraction of sp³-hybridized carbons (Fsp3) is 0.278. The zero-order valence-electron chi connectivity index (χ0n) is 12.5. The molecule has 1 aliphatic rings. The molecule has 0 spiro atoms. The molecule has 2 aromatic carbocycles. The lowest BCUT2D eigenvalue weighted by atomic mass is 10.1. The third-order valence-corrected chi connectivity index (χ3v) is 5.30. The van der Waals surface area contributed by atoms with Crippen molar-refractivity contribution in [1.29, 1.82) is 0 Å². The van der Waals surface area contributed by atoms with Crippen LogP contribution in [0.15, 0.2) is 53.4 Å².